The highest BCUT2D eigenvalue weighted by Crippen LogP contribution is 2.39. The van der Waals surface area contributed by atoms with Gasteiger partial charge in [-0.1, -0.05) is 24.4 Å². The molecule has 1 aliphatic heterocycles. The normalized spacial score (nSPS) is 18.1. The molecular formula is C21H31ClN4O3. The van der Waals surface area contributed by atoms with E-state index in [4.69, 9.17) is 21.1 Å². The van der Waals surface area contributed by atoms with Crippen LogP contribution in [0.15, 0.2) is 17.1 Å². The summed E-state index contributed by atoms with van der Waals surface area (Å²) in [7, 11) is 5.37. The molecule has 0 unspecified atom stereocenters. The summed E-state index contributed by atoms with van der Waals surface area (Å²) in [5.41, 5.74) is 0.627. The van der Waals surface area contributed by atoms with Crippen molar-refractivity contribution in [3.8, 4) is 11.5 Å². The lowest BCUT2D eigenvalue weighted by molar-refractivity contribution is -0.138. The summed E-state index contributed by atoms with van der Waals surface area (Å²) in [5, 5.41) is 7.20. The van der Waals surface area contributed by atoms with Crippen molar-refractivity contribution >= 4 is 23.5 Å². The highest BCUT2D eigenvalue weighted by molar-refractivity contribution is 6.32. The Morgan fingerprint density at radius 3 is 2.59 bits per heavy atom. The van der Waals surface area contributed by atoms with Crippen LogP contribution in [-0.2, 0) is 11.3 Å². The highest BCUT2D eigenvalue weighted by Gasteiger charge is 2.42. The summed E-state index contributed by atoms with van der Waals surface area (Å²) in [6.07, 6.45) is 4.83. The Labute approximate surface area is 177 Å². The van der Waals surface area contributed by atoms with Gasteiger partial charge in [-0.2, -0.15) is 0 Å². The van der Waals surface area contributed by atoms with Crippen LogP contribution in [0.3, 0.4) is 0 Å². The number of benzene rings is 1. The van der Waals surface area contributed by atoms with E-state index >= 15 is 0 Å². The summed E-state index contributed by atoms with van der Waals surface area (Å²) in [5.74, 6) is 2.13. The van der Waals surface area contributed by atoms with Crippen molar-refractivity contribution in [1.29, 1.82) is 0 Å². The minimum Gasteiger partial charge on any atom is -0.489 e. The third kappa shape index (κ3) is 5.07. The van der Waals surface area contributed by atoms with E-state index in [1.165, 1.54) is 0 Å². The van der Waals surface area contributed by atoms with E-state index in [1.54, 1.807) is 11.9 Å². The molecule has 0 saturated heterocycles. The number of nitrogens with one attached hydrogen (secondary N) is 2. The Bertz CT molecular complexity index is 761. The van der Waals surface area contributed by atoms with E-state index in [2.05, 4.69) is 15.6 Å². The number of hydrogen-bond donors (Lipinski definition) is 2. The molecular weight excluding hydrogens is 392 g/mol. The van der Waals surface area contributed by atoms with Gasteiger partial charge < -0.3 is 25.0 Å². The first-order chi connectivity index (χ1) is 13.9. The second-order valence-corrected chi connectivity index (χ2v) is 8.33. The zero-order valence-electron chi connectivity index (χ0n) is 17.5. The standard InChI is InChI=1S/C21H31ClN4O3/c1-23-20(25-14-21(7-4-5-8-21)19(27)26(2)3)24-13-15-11-16(22)18-17(12-15)28-9-6-10-29-18/h11-12H,4-10,13-14H2,1-3H3,(H2,23,24,25). The maximum absolute atomic E-state index is 12.7. The molecule has 1 saturated carbocycles. The number of fused-ring (bicyclic) bond motifs is 1. The van der Waals surface area contributed by atoms with Gasteiger partial charge in [-0.15, -0.1) is 0 Å². The fourth-order valence-electron chi connectivity index (χ4n) is 4.04. The average molecular weight is 423 g/mol. The third-order valence-electron chi connectivity index (χ3n) is 5.56. The van der Waals surface area contributed by atoms with Crippen LogP contribution in [-0.4, -0.2) is 57.7 Å². The van der Waals surface area contributed by atoms with Crippen LogP contribution in [0.2, 0.25) is 5.02 Å². The molecule has 1 heterocycles. The van der Waals surface area contributed by atoms with Gasteiger partial charge in [0.25, 0.3) is 0 Å². The predicted octanol–water partition coefficient (Wildman–Crippen LogP) is 2.81. The Morgan fingerprint density at radius 2 is 1.90 bits per heavy atom. The summed E-state index contributed by atoms with van der Waals surface area (Å²) in [6.45, 7) is 2.33. The lowest BCUT2D eigenvalue weighted by atomic mass is 9.84. The number of aliphatic imine (C=N–C) groups is 1. The number of carbonyl (C=O) groups is 1. The minimum absolute atomic E-state index is 0.188. The molecule has 1 aliphatic carbocycles. The van der Waals surface area contributed by atoms with Crippen molar-refractivity contribution in [1.82, 2.24) is 15.5 Å². The van der Waals surface area contributed by atoms with Crippen molar-refractivity contribution in [2.24, 2.45) is 10.4 Å². The van der Waals surface area contributed by atoms with Crippen LogP contribution < -0.4 is 20.1 Å². The van der Waals surface area contributed by atoms with Gasteiger partial charge in [-0.25, -0.2) is 0 Å². The fraction of sp³-hybridized carbons (Fsp3) is 0.619. The van der Waals surface area contributed by atoms with E-state index in [9.17, 15) is 4.79 Å². The average Bonchev–Trinajstić information content (AvgIpc) is 3.06. The van der Waals surface area contributed by atoms with Gasteiger partial charge >= 0.3 is 0 Å². The third-order valence-corrected chi connectivity index (χ3v) is 5.84. The van der Waals surface area contributed by atoms with Gasteiger partial charge in [0.1, 0.15) is 0 Å². The molecule has 0 spiro atoms. The van der Waals surface area contributed by atoms with E-state index in [1.807, 2.05) is 26.2 Å². The molecule has 1 amide bonds. The van der Waals surface area contributed by atoms with E-state index < -0.39 is 0 Å². The quantitative estimate of drug-likeness (QED) is 0.563. The molecule has 0 atom stereocenters. The van der Waals surface area contributed by atoms with Crippen LogP contribution >= 0.6 is 11.6 Å². The van der Waals surface area contributed by atoms with Gasteiger partial charge in [-0.05, 0) is 30.5 Å². The van der Waals surface area contributed by atoms with Crippen molar-refractivity contribution in [3.05, 3.63) is 22.7 Å². The van der Waals surface area contributed by atoms with Crippen LogP contribution in [0.4, 0.5) is 0 Å². The molecule has 0 bridgehead atoms. The van der Waals surface area contributed by atoms with Crippen molar-refractivity contribution in [2.75, 3.05) is 40.9 Å². The number of hydrogen-bond acceptors (Lipinski definition) is 4. The molecule has 2 aliphatic rings. The first kappa shape index (κ1) is 21.6. The lowest BCUT2D eigenvalue weighted by Gasteiger charge is -2.31. The molecule has 7 nitrogen and oxygen atoms in total. The number of ether oxygens (including phenoxy) is 2. The second-order valence-electron chi connectivity index (χ2n) is 7.92. The molecule has 1 aromatic rings. The molecule has 1 fully saturated rings. The maximum atomic E-state index is 12.7. The SMILES string of the molecule is CN=C(NCc1cc(Cl)c2c(c1)OCCCO2)NCC1(C(=O)N(C)C)CCCC1. The van der Waals surface area contributed by atoms with E-state index in [0.29, 0.717) is 48.8 Å². The van der Waals surface area contributed by atoms with E-state index in [-0.39, 0.29) is 11.3 Å². The Morgan fingerprint density at radius 1 is 1.17 bits per heavy atom. The minimum atomic E-state index is -0.348. The molecule has 1 aromatic carbocycles. The fourth-order valence-corrected chi connectivity index (χ4v) is 4.33. The predicted molar refractivity (Wildman–Crippen MR) is 115 cm³/mol. The second kappa shape index (κ2) is 9.57. The van der Waals surface area contributed by atoms with Crippen molar-refractivity contribution < 1.29 is 14.3 Å². The summed E-state index contributed by atoms with van der Waals surface area (Å²) in [6, 6.07) is 3.82. The van der Waals surface area contributed by atoms with Crippen molar-refractivity contribution in [3.63, 3.8) is 0 Å². The van der Waals surface area contributed by atoms with Crippen LogP contribution in [0, 0.1) is 5.41 Å². The van der Waals surface area contributed by atoms with Gasteiger partial charge in [0, 0.05) is 40.7 Å². The molecule has 29 heavy (non-hydrogen) atoms. The molecule has 3 rings (SSSR count). The highest BCUT2D eigenvalue weighted by atomic mass is 35.5. The lowest BCUT2D eigenvalue weighted by Crippen LogP contribution is -2.49. The molecule has 2 N–H and O–H groups in total. The van der Waals surface area contributed by atoms with Crippen LogP contribution in [0.25, 0.3) is 0 Å². The summed E-state index contributed by atoms with van der Waals surface area (Å²) < 4.78 is 11.4. The molecule has 8 heteroatoms. The van der Waals surface area contributed by atoms with Crippen LogP contribution in [0.1, 0.15) is 37.7 Å². The number of guanidine groups is 1. The maximum Gasteiger partial charge on any atom is 0.230 e. The zero-order valence-corrected chi connectivity index (χ0v) is 18.3. The number of amides is 1. The van der Waals surface area contributed by atoms with Gasteiger partial charge in [0.05, 0.1) is 23.7 Å². The monoisotopic (exact) mass is 422 g/mol. The smallest absolute Gasteiger partial charge is 0.230 e. The van der Waals surface area contributed by atoms with Gasteiger partial charge in [0.15, 0.2) is 17.5 Å². The number of halogens is 1. The van der Waals surface area contributed by atoms with Gasteiger partial charge in [-0.3, -0.25) is 9.79 Å². The topological polar surface area (TPSA) is 75.2 Å². The number of rotatable bonds is 5. The molecule has 0 radical (unpaired) electrons. The van der Waals surface area contributed by atoms with Crippen LogP contribution in [0.5, 0.6) is 11.5 Å². The largest absolute Gasteiger partial charge is 0.489 e. The molecule has 0 aromatic heterocycles. The van der Waals surface area contributed by atoms with E-state index in [0.717, 1.165) is 37.7 Å². The Balaban J connectivity index is 1.62. The summed E-state index contributed by atoms with van der Waals surface area (Å²) in [4.78, 5) is 18.7. The van der Waals surface area contributed by atoms with Crippen molar-refractivity contribution in [2.45, 2.75) is 38.6 Å². The zero-order chi connectivity index (χ0) is 20.9. The summed E-state index contributed by atoms with van der Waals surface area (Å²) >= 11 is 6.38. The first-order valence-electron chi connectivity index (χ1n) is 10.2. The number of carbonyl (C=O) groups excluding carboxylic acids is 1. The van der Waals surface area contributed by atoms with Gasteiger partial charge in [0.2, 0.25) is 5.91 Å². The Kier molecular flexibility index (Phi) is 7.11. The Hall–Kier alpha value is -2.15. The molecule has 160 valence electrons. The first-order valence-corrected chi connectivity index (χ1v) is 10.6. The number of nitrogens with zero attached hydrogens (tertiary/aromatic N) is 2.